The summed E-state index contributed by atoms with van der Waals surface area (Å²) < 4.78 is 0. The summed E-state index contributed by atoms with van der Waals surface area (Å²) in [5.41, 5.74) is 0.933. The second kappa shape index (κ2) is 6.38. The molecule has 1 heterocycles. The van der Waals surface area contributed by atoms with E-state index in [2.05, 4.69) is 51.3 Å². The molecule has 1 aliphatic rings. The van der Waals surface area contributed by atoms with Gasteiger partial charge in [-0.25, -0.2) is 0 Å². The van der Waals surface area contributed by atoms with Crippen LogP contribution < -0.4 is 0 Å². The van der Waals surface area contributed by atoms with Crippen LogP contribution in [-0.4, -0.2) is 49.1 Å². The van der Waals surface area contributed by atoms with Crippen LogP contribution in [0.5, 0.6) is 0 Å². The van der Waals surface area contributed by atoms with Crippen molar-refractivity contribution in [3.8, 4) is 0 Å². The molecule has 0 spiro atoms. The highest BCUT2D eigenvalue weighted by molar-refractivity contribution is 4.76. The highest BCUT2D eigenvalue weighted by Gasteiger charge is 2.21. The molecule has 1 aliphatic heterocycles. The molecule has 108 valence electrons. The lowest BCUT2D eigenvalue weighted by Gasteiger charge is -2.38. The van der Waals surface area contributed by atoms with Gasteiger partial charge < -0.3 is 9.80 Å². The molecule has 0 bridgehead atoms. The first-order chi connectivity index (χ1) is 8.16. The van der Waals surface area contributed by atoms with E-state index in [-0.39, 0.29) is 0 Å². The first-order valence-corrected chi connectivity index (χ1v) is 7.60. The zero-order chi connectivity index (χ0) is 13.8. The van der Waals surface area contributed by atoms with Crippen LogP contribution in [0, 0.1) is 10.8 Å². The fourth-order valence-electron chi connectivity index (χ4n) is 2.67. The zero-order valence-electron chi connectivity index (χ0n) is 13.6. The normalized spacial score (nSPS) is 20.3. The largest absolute Gasteiger partial charge is 0.301 e. The third kappa shape index (κ3) is 7.38. The minimum atomic E-state index is 0.439. The molecule has 0 saturated carbocycles. The lowest BCUT2D eigenvalue weighted by atomic mass is 9.90. The van der Waals surface area contributed by atoms with Gasteiger partial charge in [-0.15, -0.1) is 0 Å². The summed E-state index contributed by atoms with van der Waals surface area (Å²) in [6.45, 7) is 21.6. The predicted octanol–water partition coefficient (Wildman–Crippen LogP) is 3.48. The Morgan fingerprint density at radius 3 is 1.67 bits per heavy atom. The van der Waals surface area contributed by atoms with Crippen molar-refractivity contribution in [2.75, 3.05) is 39.3 Å². The Labute approximate surface area is 115 Å². The Bertz CT molecular complexity index is 226. The van der Waals surface area contributed by atoms with E-state index < -0.39 is 0 Å². The SMILES string of the molecule is CC(C)(C)CCCN1CCN(CC(C)(C)C)CC1. The standard InChI is InChI=1S/C16H34N2/c1-15(2,3)8-7-9-17-10-12-18(13-11-17)14-16(4,5)6/h7-14H2,1-6H3. The van der Waals surface area contributed by atoms with Gasteiger partial charge in [0.1, 0.15) is 0 Å². The lowest BCUT2D eigenvalue weighted by Crippen LogP contribution is -2.48. The smallest absolute Gasteiger partial charge is 0.0110 e. The maximum Gasteiger partial charge on any atom is 0.0110 e. The number of nitrogens with zero attached hydrogens (tertiary/aromatic N) is 2. The number of piperazine rings is 1. The minimum absolute atomic E-state index is 0.439. The molecule has 2 nitrogen and oxygen atoms in total. The van der Waals surface area contributed by atoms with Crippen molar-refractivity contribution < 1.29 is 0 Å². The van der Waals surface area contributed by atoms with Gasteiger partial charge >= 0.3 is 0 Å². The summed E-state index contributed by atoms with van der Waals surface area (Å²) >= 11 is 0. The van der Waals surface area contributed by atoms with Crippen molar-refractivity contribution in [3.63, 3.8) is 0 Å². The molecule has 0 N–H and O–H groups in total. The molecule has 0 aromatic rings. The molecule has 0 aromatic carbocycles. The molecule has 2 heteroatoms. The second-order valence-corrected chi connectivity index (χ2v) is 8.34. The summed E-state index contributed by atoms with van der Waals surface area (Å²) in [5.74, 6) is 0. The number of hydrogen-bond acceptors (Lipinski definition) is 2. The van der Waals surface area contributed by atoms with Crippen molar-refractivity contribution >= 4 is 0 Å². The van der Waals surface area contributed by atoms with Crippen LogP contribution in [0.4, 0.5) is 0 Å². The van der Waals surface area contributed by atoms with Crippen LogP contribution in [0.1, 0.15) is 54.4 Å². The van der Waals surface area contributed by atoms with Gasteiger partial charge in [-0.1, -0.05) is 41.5 Å². The summed E-state index contributed by atoms with van der Waals surface area (Å²) in [6, 6.07) is 0. The third-order valence-electron chi connectivity index (χ3n) is 3.56. The first kappa shape index (κ1) is 16.0. The van der Waals surface area contributed by atoms with E-state index in [0.717, 1.165) is 0 Å². The summed E-state index contributed by atoms with van der Waals surface area (Å²) in [5, 5.41) is 0. The third-order valence-corrected chi connectivity index (χ3v) is 3.56. The van der Waals surface area contributed by atoms with Gasteiger partial charge in [0.25, 0.3) is 0 Å². The van der Waals surface area contributed by atoms with Crippen LogP contribution in [0.3, 0.4) is 0 Å². The molecule has 0 amide bonds. The van der Waals surface area contributed by atoms with E-state index in [1.807, 2.05) is 0 Å². The van der Waals surface area contributed by atoms with E-state index in [0.29, 0.717) is 10.8 Å². The van der Waals surface area contributed by atoms with Crippen molar-refractivity contribution in [3.05, 3.63) is 0 Å². The number of hydrogen-bond donors (Lipinski definition) is 0. The maximum atomic E-state index is 2.64. The van der Waals surface area contributed by atoms with Crippen LogP contribution in [-0.2, 0) is 0 Å². The Morgan fingerprint density at radius 2 is 1.22 bits per heavy atom. The van der Waals surface area contributed by atoms with E-state index in [1.165, 1.54) is 52.1 Å². The topological polar surface area (TPSA) is 6.48 Å². The van der Waals surface area contributed by atoms with Crippen molar-refractivity contribution in [2.24, 2.45) is 10.8 Å². The molecule has 0 radical (unpaired) electrons. The van der Waals surface area contributed by atoms with Gasteiger partial charge in [-0.3, -0.25) is 0 Å². The molecule has 1 fully saturated rings. The molecule has 0 atom stereocenters. The van der Waals surface area contributed by atoms with Gasteiger partial charge in [0.15, 0.2) is 0 Å². The molecule has 0 aliphatic carbocycles. The van der Waals surface area contributed by atoms with Gasteiger partial charge in [0, 0.05) is 32.7 Å². The average Bonchev–Trinajstić information content (AvgIpc) is 2.16. The molecule has 1 saturated heterocycles. The van der Waals surface area contributed by atoms with Gasteiger partial charge in [0.2, 0.25) is 0 Å². The minimum Gasteiger partial charge on any atom is -0.301 e. The van der Waals surface area contributed by atoms with Crippen molar-refractivity contribution in [1.29, 1.82) is 0 Å². The summed E-state index contributed by atoms with van der Waals surface area (Å²) in [7, 11) is 0. The van der Waals surface area contributed by atoms with E-state index in [4.69, 9.17) is 0 Å². The highest BCUT2D eigenvalue weighted by atomic mass is 15.3. The second-order valence-electron chi connectivity index (χ2n) is 8.34. The van der Waals surface area contributed by atoms with Crippen LogP contribution in [0.2, 0.25) is 0 Å². The average molecular weight is 254 g/mol. The van der Waals surface area contributed by atoms with Crippen molar-refractivity contribution in [2.45, 2.75) is 54.4 Å². The van der Waals surface area contributed by atoms with Crippen LogP contribution in [0.25, 0.3) is 0 Å². The Hall–Kier alpha value is -0.0800. The molecular formula is C16H34N2. The Balaban J connectivity index is 2.16. The maximum absolute atomic E-state index is 2.64. The van der Waals surface area contributed by atoms with Crippen LogP contribution >= 0.6 is 0 Å². The van der Waals surface area contributed by atoms with E-state index in [1.54, 1.807) is 0 Å². The van der Waals surface area contributed by atoms with Gasteiger partial charge in [0.05, 0.1) is 0 Å². The monoisotopic (exact) mass is 254 g/mol. The first-order valence-electron chi connectivity index (χ1n) is 7.60. The van der Waals surface area contributed by atoms with Crippen LogP contribution in [0.15, 0.2) is 0 Å². The molecule has 18 heavy (non-hydrogen) atoms. The van der Waals surface area contributed by atoms with Crippen molar-refractivity contribution in [1.82, 2.24) is 9.80 Å². The summed E-state index contributed by atoms with van der Waals surface area (Å²) in [6.07, 6.45) is 2.69. The predicted molar refractivity (Wildman–Crippen MR) is 81.0 cm³/mol. The Kier molecular flexibility index (Phi) is 5.67. The van der Waals surface area contributed by atoms with E-state index in [9.17, 15) is 0 Å². The highest BCUT2D eigenvalue weighted by Crippen LogP contribution is 2.21. The van der Waals surface area contributed by atoms with Gasteiger partial charge in [-0.2, -0.15) is 0 Å². The fourth-order valence-corrected chi connectivity index (χ4v) is 2.67. The molecule has 0 aromatic heterocycles. The summed E-state index contributed by atoms with van der Waals surface area (Å²) in [4.78, 5) is 5.27. The molecule has 1 rings (SSSR count). The molecular weight excluding hydrogens is 220 g/mol. The lowest BCUT2D eigenvalue weighted by molar-refractivity contribution is 0.0994. The zero-order valence-corrected chi connectivity index (χ0v) is 13.6. The quantitative estimate of drug-likeness (QED) is 0.758. The molecule has 0 unspecified atom stereocenters. The Morgan fingerprint density at radius 1 is 0.722 bits per heavy atom. The fraction of sp³-hybridized carbons (Fsp3) is 1.00. The number of rotatable bonds is 4. The van der Waals surface area contributed by atoms with Gasteiger partial charge in [-0.05, 0) is 30.2 Å². The van der Waals surface area contributed by atoms with E-state index >= 15 is 0 Å².